The molecule has 2 N–H and O–H groups in total. The molecule has 1 heterocycles. The van der Waals surface area contributed by atoms with Gasteiger partial charge in [-0.25, -0.2) is 13.4 Å². The summed E-state index contributed by atoms with van der Waals surface area (Å²) in [6.45, 7) is 0. The van der Waals surface area contributed by atoms with E-state index >= 15 is 0 Å². The highest BCUT2D eigenvalue weighted by molar-refractivity contribution is 8.13. The average molecular weight is 302 g/mol. The topological polar surface area (TPSA) is 106 Å². The van der Waals surface area contributed by atoms with Crippen molar-refractivity contribution < 1.29 is 26.3 Å². The summed E-state index contributed by atoms with van der Waals surface area (Å²) in [5.74, 6) is -1.80. The van der Waals surface area contributed by atoms with Crippen molar-refractivity contribution in [3.8, 4) is 11.8 Å². The molecule has 18 heavy (non-hydrogen) atoms. The number of hydrogen-bond acceptors (Lipinski definition) is 6. The maximum Gasteiger partial charge on any atom is 0.573 e. The summed E-state index contributed by atoms with van der Waals surface area (Å²) in [6.07, 6.45) is -4.75. The van der Waals surface area contributed by atoms with Gasteiger partial charge in [0.2, 0.25) is 0 Å². The van der Waals surface area contributed by atoms with Crippen LogP contribution in [-0.2, 0) is 9.05 Å². The van der Waals surface area contributed by atoms with Crippen molar-refractivity contribution in [2.45, 2.75) is 11.3 Å². The molecule has 0 atom stereocenters. The number of ether oxygens (including phenoxy) is 1. The number of pyridine rings is 1. The summed E-state index contributed by atoms with van der Waals surface area (Å²) in [5.41, 5.74) is 4.35. The first-order chi connectivity index (χ1) is 8.06. The fourth-order valence-electron chi connectivity index (χ4n) is 1.04. The molecule has 0 aromatic carbocycles. The molecule has 0 aliphatic heterocycles. The van der Waals surface area contributed by atoms with Crippen molar-refractivity contribution >= 4 is 25.6 Å². The molecule has 6 nitrogen and oxygen atoms in total. The predicted octanol–water partition coefficient (Wildman–Crippen LogP) is 1.36. The number of hydrogen-bond donors (Lipinski definition) is 1. The van der Waals surface area contributed by atoms with Gasteiger partial charge in [-0.15, -0.1) is 13.2 Å². The number of nitriles is 1. The van der Waals surface area contributed by atoms with Crippen LogP contribution in [0.1, 0.15) is 5.56 Å². The number of halogens is 4. The first-order valence-corrected chi connectivity index (χ1v) is 6.26. The van der Waals surface area contributed by atoms with E-state index in [0.29, 0.717) is 6.20 Å². The van der Waals surface area contributed by atoms with E-state index in [0.717, 1.165) is 0 Å². The Balaban J connectivity index is 3.61. The van der Waals surface area contributed by atoms with Crippen LogP contribution in [0.3, 0.4) is 0 Å². The second kappa shape index (κ2) is 4.51. The zero-order valence-electron chi connectivity index (χ0n) is 8.19. The third-order valence-electron chi connectivity index (χ3n) is 1.61. The summed E-state index contributed by atoms with van der Waals surface area (Å²) in [7, 11) is 0.272. The van der Waals surface area contributed by atoms with Crippen LogP contribution in [0.15, 0.2) is 11.1 Å². The quantitative estimate of drug-likeness (QED) is 0.827. The lowest BCUT2D eigenvalue weighted by Gasteiger charge is -2.12. The number of rotatable bonds is 2. The molecule has 1 rings (SSSR count). The lowest BCUT2D eigenvalue weighted by atomic mass is 10.2. The minimum absolute atomic E-state index is 0.416. The van der Waals surface area contributed by atoms with Gasteiger partial charge in [-0.3, -0.25) is 0 Å². The van der Waals surface area contributed by atoms with Crippen molar-refractivity contribution in [3.63, 3.8) is 0 Å². The van der Waals surface area contributed by atoms with Gasteiger partial charge < -0.3 is 10.5 Å². The van der Waals surface area contributed by atoms with Gasteiger partial charge in [0.15, 0.2) is 5.75 Å². The molecular formula is C7H3ClF3N3O3S. The summed E-state index contributed by atoms with van der Waals surface area (Å²) in [6, 6.07) is 1.30. The van der Waals surface area contributed by atoms with E-state index in [1.54, 1.807) is 0 Å². The fraction of sp³-hybridized carbons (Fsp3) is 0.143. The Morgan fingerprint density at radius 2 is 2.06 bits per heavy atom. The monoisotopic (exact) mass is 301 g/mol. The molecule has 0 fully saturated rings. The molecule has 0 aliphatic carbocycles. The standard InChI is InChI=1S/C7H3ClF3N3O3S/c8-18(15,16)5-3(1-12)6(13)14-2-4(5)17-7(9,10)11/h2H,(H2,13,14). The molecule has 0 saturated heterocycles. The first kappa shape index (κ1) is 14.3. The van der Waals surface area contributed by atoms with Crippen LogP contribution in [0.25, 0.3) is 0 Å². The summed E-state index contributed by atoms with van der Waals surface area (Å²) >= 11 is 0. The minimum Gasteiger partial charge on any atom is -0.403 e. The molecule has 11 heteroatoms. The first-order valence-electron chi connectivity index (χ1n) is 3.95. The van der Waals surface area contributed by atoms with Gasteiger partial charge in [-0.2, -0.15) is 5.26 Å². The summed E-state index contributed by atoms with van der Waals surface area (Å²) < 4.78 is 61.9. The largest absolute Gasteiger partial charge is 0.573 e. The maximum atomic E-state index is 12.0. The molecule has 0 saturated carbocycles. The highest BCUT2D eigenvalue weighted by Gasteiger charge is 2.35. The van der Waals surface area contributed by atoms with Crippen LogP contribution in [0, 0.1) is 11.3 Å². The van der Waals surface area contributed by atoms with Crippen molar-refractivity contribution in [1.29, 1.82) is 5.26 Å². The van der Waals surface area contributed by atoms with Crippen LogP contribution in [0.5, 0.6) is 5.75 Å². The number of anilines is 1. The molecule has 0 amide bonds. The number of nitrogens with zero attached hydrogens (tertiary/aromatic N) is 2. The normalized spacial score (nSPS) is 11.9. The van der Waals surface area contributed by atoms with E-state index in [1.165, 1.54) is 6.07 Å². The Kier molecular flexibility index (Phi) is 3.59. The van der Waals surface area contributed by atoms with Gasteiger partial charge in [-0.05, 0) is 0 Å². The van der Waals surface area contributed by atoms with E-state index < -0.39 is 37.4 Å². The highest BCUT2D eigenvalue weighted by atomic mass is 35.7. The summed E-state index contributed by atoms with van der Waals surface area (Å²) in [5, 5.41) is 8.66. The third-order valence-corrected chi connectivity index (χ3v) is 2.97. The van der Waals surface area contributed by atoms with Crippen LogP contribution < -0.4 is 10.5 Å². The SMILES string of the molecule is N#Cc1c(N)ncc(OC(F)(F)F)c1S(=O)(=O)Cl. The third kappa shape index (κ3) is 3.14. The Morgan fingerprint density at radius 1 is 1.50 bits per heavy atom. The Hall–Kier alpha value is -1.73. The Labute approximate surface area is 103 Å². The number of nitrogen functional groups attached to an aromatic ring is 1. The zero-order chi connectivity index (χ0) is 14.1. The molecular weight excluding hydrogens is 299 g/mol. The molecule has 0 unspecified atom stereocenters. The van der Waals surface area contributed by atoms with E-state index in [1.807, 2.05) is 0 Å². The van der Waals surface area contributed by atoms with E-state index in [-0.39, 0.29) is 0 Å². The lowest BCUT2D eigenvalue weighted by Crippen LogP contribution is -2.19. The van der Waals surface area contributed by atoms with Gasteiger partial charge in [0.1, 0.15) is 22.3 Å². The molecule has 0 radical (unpaired) electrons. The molecule has 98 valence electrons. The predicted molar refractivity (Wildman–Crippen MR) is 53.1 cm³/mol. The molecule has 1 aromatic rings. The second-order valence-electron chi connectivity index (χ2n) is 2.81. The Morgan fingerprint density at radius 3 is 2.44 bits per heavy atom. The van der Waals surface area contributed by atoms with E-state index in [9.17, 15) is 21.6 Å². The number of aromatic nitrogens is 1. The average Bonchev–Trinajstić information content (AvgIpc) is 2.16. The van der Waals surface area contributed by atoms with Gasteiger partial charge in [0, 0.05) is 10.7 Å². The van der Waals surface area contributed by atoms with Crippen LogP contribution >= 0.6 is 10.7 Å². The van der Waals surface area contributed by atoms with Gasteiger partial charge in [0.05, 0.1) is 6.20 Å². The van der Waals surface area contributed by atoms with E-state index in [2.05, 4.69) is 9.72 Å². The van der Waals surface area contributed by atoms with Crippen LogP contribution in [0.4, 0.5) is 19.0 Å². The van der Waals surface area contributed by atoms with Gasteiger partial charge in [-0.1, -0.05) is 0 Å². The number of alkyl halides is 3. The molecule has 0 bridgehead atoms. The minimum atomic E-state index is -5.17. The Bertz CT molecular complexity index is 623. The van der Waals surface area contributed by atoms with Gasteiger partial charge in [0.25, 0.3) is 9.05 Å². The highest BCUT2D eigenvalue weighted by Crippen LogP contribution is 2.35. The van der Waals surface area contributed by atoms with Crippen molar-refractivity contribution in [2.75, 3.05) is 5.73 Å². The van der Waals surface area contributed by atoms with Crippen molar-refractivity contribution in [2.24, 2.45) is 0 Å². The fourth-order valence-corrected chi connectivity index (χ4v) is 2.23. The van der Waals surface area contributed by atoms with Gasteiger partial charge >= 0.3 is 6.36 Å². The van der Waals surface area contributed by atoms with Crippen LogP contribution in [0.2, 0.25) is 0 Å². The van der Waals surface area contributed by atoms with Crippen molar-refractivity contribution in [3.05, 3.63) is 11.8 Å². The molecule has 1 aromatic heterocycles. The lowest BCUT2D eigenvalue weighted by molar-refractivity contribution is -0.275. The van der Waals surface area contributed by atoms with Crippen molar-refractivity contribution in [1.82, 2.24) is 4.98 Å². The number of nitrogens with two attached hydrogens (primary N) is 1. The maximum absolute atomic E-state index is 12.0. The molecule has 0 spiro atoms. The summed E-state index contributed by atoms with van der Waals surface area (Å²) in [4.78, 5) is 2.05. The van der Waals surface area contributed by atoms with Crippen LogP contribution in [-0.4, -0.2) is 19.8 Å². The molecule has 0 aliphatic rings. The van der Waals surface area contributed by atoms with E-state index in [4.69, 9.17) is 21.7 Å². The zero-order valence-corrected chi connectivity index (χ0v) is 9.77. The second-order valence-corrected chi connectivity index (χ2v) is 5.31. The smallest absolute Gasteiger partial charge is 0.403 e.